The number of ether oxygens (including phenoxy) is 1. The molecule has 0 radical (unpaired) electrons. The Kier molecular flexibility index (Phi) is 3.75. The molecule has 0 amide bonds. The predicted octanol–water partition coefficient (Wildman–Crippen LogP) is 3.52. The number of benzene rings is 2. The number of aromatic nitrogens is 2. The van der Waals surface area contributed by atoms with E-state index in [0.29, 0.717) is 11.5 Å². The number of rotatable bonds is 4. The number of nitrogens with one attached hydrogen (secondary N) is 1. The number of para-hydroxylation sites is 1. The van der Waals surface area contributed by atoms with Crippen molar-refractivity contribution < 1.29 is 4.74 Å². The van der Waals surface area contributed by atoms with Crippen LogP contribution < -0.4 is 10.5 Å². The van der Waals surface area contributed by atoms with Crippen LogP contribution in [0.2, 0.25) is 0 Å². The van der Waals surface area contributed by atoms with E-state index in [1.807, 2.05) is 54.6 Å². The Bertz CT molecular complexity index is 801. The van der Waals surface area contributed by atoms with Gasteiger partial charge in [-0.3, -0.25) is 5.10 Å². The molecule has 3 N–H and O–H groups in total. The van der Waals surface area contributed by atoms with Gasteiger partial charge in [0.05, 0.1) is 18.2 Å². The summed E-state index contributed by atoms with van der Waals surface area (Å²) < 4.78 is 5.75. The van der Waals surface area contributed by atoms with Crippen LogP contribution >= 0.6 is 0 Å². The van der Waals surface area contributed by atoms with Crippen LogP contribution in [0.15, 0.2) is 54.6 Å². The maximum absolute atomic E-state index is 8.87. The van der Waals surface area contributed by atoms with E-state index in [0.717, 1.165) is 22.6 Å². The Labute approximate surface area is 128 Å². The standard InChI is InChI=1S/C17H14N4O/c18-11-10-15-16(20-21-17(15)19)12-6-8-14(9-7-12)22-13-4-2-1-3-5-13/h1-9H,10H2,(H3,19,20,21). The highest BCUT2D eigenvalue weighted by Gasteiger charge is 2.12. The van der Waals surface area contributed by atoms with Crippen molar-refractivity contribution in [2.45, 2.75) is 6.42 Å². The molecule has 22 heavy (non-hydrogen) atoms. The third-order valence-electron chi connectivity index (χ3n) is 3.26. The minimum Gasteiger partial charge on any atom is -0.457 e. The largest absolute Gasteiger partial charge is 0.457 e. The molecule has 1 heterocycles. The molecule has 5 nitrogen and oxygen atoms in total. The first-order valence-electron chi connectivity index (χ1n) is 6.81. The highest BCUT2D eigenvalue weighted by molar-refractivity contribution is 5.69. The topological polar surface area (TPSA) is 87.7 Å². The number of nitriles is 1. The molecule has 0 aliphatic heterocycles. The fourth-order valence-corrected chi connectivity index (χ4v) is 2.18. The zero-order valence-electron chi connectivity index (χ0n) is 11.8. The first-order chi connectivity index (χ1) is 10.8. The molecule has 3 aromatic rings. The summed E-state index contributed by atoms with van der Waals surface area (Å²) >= 11 is 0. The van der Waals surface area contributed by atoms with Crippen LogP contribution in [0.25, 0.3) is 11.3 Å². The van der Waals surface area contributed by atoms with E-state index < -0.39 is 0 Å². The van der Waals surface area contributed by atoms with Gasteiger partial charge in [-0.15, -0.1) is 0 Å². The summed E-state index contributed by atoms with van der Waals surface area (Å²) in [5.74, 6) is 1.95. The van der Waals surface area contributed by atoms with E-state index in [4.69, 9.17) is 15.7 Å². The quantitative estimate of drug-likeness (QED) is 0.769. The van der Waals surface area contributed by atoms with Crippen molar-refractivity contribution in [3.63, 3.8) is 0 Å². The van der Waals surface area contributed by atoms with Crippen LogP contribution in [0.3, 0.4) is 0 Å². The van der Waals surface area contributed by atoms with Crippen LogP contribution in [0, 0.1) is 11.3 Å². The molecule has 0 saturated heterocycles. The van der Waals surface area contributed by atoms with Gasteiger partial charge < -0.3 is 10.5 Å². The Balaban J connectivity index is 1.84. The number of H-pyrrole nitrogens is 1. The molecule has 3 rings (SSSR count). The molecular weight excluding hydrogens is 276 g/mol. The minimum absolute atomic E-state index is 0.222. The van der Waals surface area contributed by atoms with Gasteiger partial charge in [-0.25, -0.2) is 0 Å². The SMILES string of the molecule is N#CCc1c(-c2ccc(Oc3ccccc3)cc2)n[nH]c1N. The molecule has 0 unspecified atom stereocenters. The van der Waals surface area contributed by atoms with Crippen molar-refractivity contribution in [1.82, 2.24) is 10.2 Å². The predicted molar refractivity (Wildman–Crippen MR) is 84.3 cm³/mol. The van der Waals surface area contributed by atoms with Gasteiger partial charge in [-0.2, -0.15) is 10.4 Å². The molecular formula is C17H14N4O. The van der Waals surface area contributed by atoms with Crippen LogP contribution in [-0.4, -0.2) is 10.2 Å². The summed E-state index contributed by atoms with van der Waals surface area (Å²) in [4.78, 5) is 0. The molecule has 2 aromatic carbocycles. The van der Waals surface area contributed by atoms with E-state index in [2.05, 4.69) is 16.3 Å². The van der Waals surface area contributed by atoms with Gasteiger partial charge in [0.1, 0.15) is 17.3 Å². The molecule has 0 saturated carbocycles. The lowest BCUT2D eigenvalue weighted by Crippen LogP contribution is -1.92. The number of nitrogens with zero attached hydrogens (tertiary/aromatic N) is 2. The van der Waals surface area contributed by atoms with Gasteiger partial charge in [0, 0.05) is 11.1 Å². The van der Waals surface area contributed by atoms with Crippen LogP contribution in [0.4, 0.5) is 5.82 Å². The monoisotopic (exact) mass is 290 g/mol. The lowest BCUT2D eigenvalue weighted by atomic mass is 10.1. The molecule has 0 spiro atoms. The Morgan fingerprint density at radius 1 is 1.05 bits per heavy atom. The van der Waals surface area contributed by atoms with Crippen molar-refractivity contribution >= 4 is 5.82 Å². The average molecular weight is 290 g/mol. The van der Waals surface area contributed by atoms with E-state index in [1.165, 1.54) is 0 Å². The Morgan fingerprint density at radius 3 is 2.41 bits per heavy atom. The second-order valence-electron chi connectivity index (χ2n) is 4.74. The normalized spacial score (nSPS) is 10.1. The summed E-state index contributed by atoms with van der Waals surface area (Å²) in [6, 6.07) is 19.2. The third kappa shape index (κ3) is 2.76. The Morgan fingerprint density at radius 2 is 1.73 bits per heavy atom. The zero-order chi connectivity index (χ0) is 15.4. The lowest BCUT2D eigenvalue weighted by molar-refractivity contribution is 0.483. The molecule has 0 bridgehead atoms. The number of anilines is 1. The minimum atomic E-state index is 0.222. The molecule has 108 valence electrons. The first kappa shape index (κ1) is 13.7. The van der Waals surface area contributed by atoms with Gasteiger partial charge >= 0.3 is 0 Å². The van der Waals surface area contributed by atoms with Crippen molar-refractivity contribution in [2.75, 3.05) is 5.73 Å². The third-order valence-corrected chi connectivity index (χ3v) is 3.26. The van der Waals surface area contributed by atoms with Crippen LogP contribution in [0.5, 0.6) is 11.5 Å². The second-order valence-corrected chi connectivity index (χ2v) is 4.74. The number of nitrogen functional groups attached to an aromatic ring is 1. The fraction of sp³-hybridized carbons (Fsp3) is 0.0588. The summed E-state index contributed by atoms with van der Waals surface area (Å²) in [6.07, 6.45) is 0.222. The van der Waals surface area contributed by atoms with Crippen molar-refractivity contribution in [3.05, 3.63) is 60.2 Å². The maximum atomic E-state index is 8.87. The summed E-state index contributed by atoms with van der Waals surface area (Å²) in [6.45, 7) is 0. The van der Waals surface area contributed by atoms with Crippen LogP contribution in [0.1, 0.15) is 5.56 Å². The molecule has 0 aliphatic rings. The lowest BCUT2D eigenvalue weighted by Gasteiger charge is -2.06. The van der Waals surface area contributed by atoms with Crippen molar-refractivity contribution in [2.24, 2.45) is 0 Å². The molecule has 0 atom stereocenters. The summed E-state index contributed by atoms with van der Waals surface area (Å²) in [7, 11) is 0. The highest BCUT2D eigenvalue weighted by Crippen LogP contribution is 2.28. The smallest absolute Gasteiger partial charge is 0.127 e. The second kappa shape index (κ2) is 6.02. The van der Waals surface area contributed by atoms with E-state index in [9.17, 15) is 0 Å². The average Bonchev–Trinajstić information content (AvgIpc) is 2.91. The Hall–Kier alpha value is -3.26. The molecule has 5 heteroatoms. The summed E-state index contributed by atoms with van der Waals surface area (Å²) in [5, 5.41) is 15.8. The van der Waals surface area contributed by atoms with Gasteiger partial charge in [-0.05, 0) is 36.4 Å². The van der Waals surface area contributed by atoms with Gasteiger partial charge in [0.25, 0.3) is 0 Å². The van der Waals surface area contributed by atoms with Gasteiger partial charge in [-0.1, -0.05) is 18.2 Å². The van der Waals surface area contributed by atoms with Crippen molar-refractivity contribution in [3.8, 4) is 28.8 Å². The summed E-state index contributed by atoms with van der Waals surface area (Å²) in [5.41, 5.74) is 8.11. The number of aromatic amines is 1. The van der Waals surface area contributed by atoms with E-state index in [-0.39, 0.29) is 6.42 Å². The van der Waals surface area contributed by atoms with E-state index >= 15 is 0 Å². The van der Waals surface area contributed by atoms with E-state index in [1.54, 1.807) is 0 Å². The van der Waals surface area contributed by atoms with Gasteiger partial charge in [0.2, 0.25) is 0 Å². The number of nitrogens with two attached hydrogens (primary N) is 1. The zero-order valence-corrected chi connectivity index (χ0v) is 11.8. The fourth-order valence-electron chi connectivity index (χ4n) is 2.18. The van der Waals surface area contributed by atoms with Gasteiger partial charge in [0.15, 0.2) is 0 Å². The number of hydrogen-bond acceptors (Lipinski definition) is 4. The maximum Gasteiger partial charge on any atom is 0.127 e. The highest BCUT2D eigenvalue weighted by atomic mass is 16.5. The molecule has 0 aliphatic carbocycles. The molecule has 1 aromatic heterocycles. The molecule has 0 fully saturated rings. The first-order valence-corrected chi connectivity index (χ1v) is 6.81. The number of hydrogen-bond donors (Lipinski definition) is 2. The van der Waals surface area contributed by atoms with Crippen LogP contribution in [-0.2, 0) is 6.42 Å². The van der Waals surface area contributed by atoms with Crippen molar-refractivity contribution in [1.29, 1.82) is 5.26 Å².